The lowest BCUT2D eigenvalue weighted by molar-refractivity contribution is 1.12. The maximum absolute atomic E-state index is 13.7. The van der Waals surface area contributed by atoms with Crippen LogP contribution in [0.1, 0.15) is 0 Å². The number of benzene rings is 4. The Morgan fingerprint density at radius 3 is 1.84 bits per heavy atom. The van der Waals surface area contributed by atoms with Crippen LogP contribution in [0.15, 0.2) is 114 Å². The molecule has 0 atom stereocenters. The van der Waals surface area contributed by atoms with Gasteiger partial charge in [-0.15, -0.1) is 0 Å². The van der Waals surface area contributed by atoms with Crippen molar-refractivity contribution in [3.63, 3.8) is 0 Å². The molecule has 6 aromatic rings. The van der Waals surface area contributed by atoms with Gasteiger partial charge in [-0.25, -0.2) is 9.97 Å². The van der Waals surface area contributed by atoms with E-state index in [4.69, 9.17) is 9.97 Å². The van der Waals surface area contributed by atoms with E-state index >= 15 is 0 Å². The minimum Gasteiger partial charge on any atom is -0.268 e. The fraction of sp³-hybridized carbons (Fsp3) is 0. The SMILES string of the molecule is O=c1c2ccccc2nc2c(P(c3ccccc3)c3ccccc3)nc3ccccc3n12. The highest BCUT2D eigenvalue weighted by atomic mass is 31.1. The van der Waals surface area contributed by atoms with E-state index in [9.17, 15) is 4.79 Å². The Morgan fingerprint density at radius 2 is 1.16 bits per heavy atom. The molecule has 32 heavy (non-hydrogen) atoms. The normalized spacial score (nSPS) is 11.5. The number of nitrogens with zero attached hydrogens (tertiary/aromatic N) is 3. The molecule has 0 aliphatic heterocycles. The summed E-state index contributed by atoms with van der Waals surface area (Å²) in [6, 6.07) is 36.1. The zero-order valence-electron chi connectivity index (χ0n) is 17.1. The quantitative estimate of drug-likeness (QED) is 0.240. The first kappa shape index (κ1) is 18.9. The van der Waals surface area contributed by atoms with Crippen LogP contribution in [0.2, 0.25) is 0 Å². The van der Waals surface area contributed by atoms with Crippen LogP contribution in [0.25, 0.3) is 27.6 Å². The van der Waals surface area contributed by atoms with Crippen LogP contribution in [-0.2, 0) is 0 Å². The van der Waals surface area contributed by atoms with Gasteiger partial charge in [0, 0.05) is 7.92 Å². The summed E-state index contributed by atoms with van der Waals surface area (Å²) in [6.45, 7) is 0. The maximum atomic E-state index is 13.7. The second-order valence-electron chi connectivity index (χ2n) is 7.52. The molecule has 0 unspecified atom stereocenters. The van der Waals surface area contributed by atoms with Crippen molar-refractivity contribution in [1.29, 1.82) is 0 Å². The Bertz CT molecular complexity index is 1610. The average molecular weight is 431 g/mol. The molecule has 0 amide bonds. The predicted molar refractivity (Wildman–Crippen MR) is 133 cm³/mol. The average Bonchev–Trinajstić information content (AvgIpc) is 2.86. The van der Waals surface area contributed by atoms with Crippen molar-refractivity contribution in [2.24, 2.45) is 0 Å². The van der Waals surface area contributed by atoms with Crippen molar-refractivity contribution in [3.05, 3.63) is 120 Å². The molecule has 5 heteroatoms. The minimum atomic E-state index is -1.02. The molecule has 0 aliphatic rings. The van der Waals surface area contributed by atoms with Crippen LogP contribution >= 0.6 is 7.92 Å². The number of hydrogen-bond acceptors (Lipinski definition) is 3. The maximum Gasteiger partial charge on any atom is 0.266 e. The number of fused-ring (bicyclic) bond motifs is 4. The van der Waals surface area contributed by atoms with E-state index in [1.807, 2.05) is 84.9 Å². The fourth-order valence-electron chi connectivity index (χ4n) is 4.12. The van der Waals surface area contributed by atoms with Gasteiger partial charge in [-0.05, 0) is 34.9 Å². The zero-order valence-corrected chi connectivity index (χ0v) is 18.0. The summed E-state index contributed by atoms with van der Waals surface area (Å²) in [5, 5.41) is 2.94. The Morgan fingerprint density at radius 1 is 0.594 bits per heavy atom. The summed E-state index contributed by atoms with van der Waals surface area (Å²) in [5.41, 5.74) is 3.62. The van der Waals surface area contributed by atoms with Gasteiger partial charge in [0.05, 0.1) is 21.9 Å². The van der Waals surface area contributed by atoms with Crippen LogP contribution < -0.4 is 21.6 Å². The largest absolute Gasteiger partial charge is 0.268 e. The van der Waals surface area contributed by atoms with Gasteiger partial charge in [-0.1, -0.05) is 84.9 Å². The minimum absolute atomic E-state index is 0.0680. The van der Waals surface area contributed by atoms with Gasteiger partial charge in [0.25, 0.3) is 5.56 Å². The van der Waals surface area contributed by atoms with Crippen molar-refractivity contribution >= 4 is 51.5 Å². The molecular weight excluding hydrogens is 413 g/mol. The summed E-state index contributed by atoms with van der Waals surface area (Å²) in [7, 11) is -1.02. The highest BCUT2D eigenvalue weighted by molar-refractivity contribution is 7.80. The number of rotatable bonds is 3. The molecule has 4 nitrogen and oxygen atoms in total. The number of hydrogen-bond donors (Lipinski definition) is 0. The molecule has 0 saturated heterocycles. The molecule has 0 bridgehead atoms. The van der Waals surface area contributed by atoms with Gasteiger partial charge < -0.3 is 0 Å². The molecule has 0 aliphatic carbocycles. The van der Waals surface area contributed by atoms with Crippen molar-refractivity contribution in [1.82, 2.24) is 14.4 Å². The smallest absolute Gasteiger partial charge is 0.266 e. The summed E-state index contributed by atoms with van der Waals surface area (Å²) >= 11 is 0. The third-order valence-electron chi connectivity index (χ3n) is 5.57. The first-order chi connectivity index (χ1) is 15.8. The lowest BCUT2D eigenvalue weighted by Gasteiger charge is -2.20. The van der Waals surface area contributed by atoms with Crippen LogP contribution in [0, 0.1) is 0 Å². The van der Waals surface area contributed by atoms with E-state index in [-0.39, 0.29) is 5.56 Å². The van der Waals surface area contributed by atoms with Crippen LogP contribution in [0.4, 0.5) is 0 Å². The third-order valence-corrected chi connectivity index (χ3v) is 7.92. The molecular formula is C27H18N3OP. The summed E-state index contributed by atoms with van der Waals surface area (Å²) in [6.07, 6.45) is 0. The predicted octanol–water partition coefficient (Wildman–Crippen LogP) is 4.15. The highest BCUT2D eigenvalue weighted by Gasteiger charge is 2.24. The van der Waals surface area contributed by atoms with Gasteiger partial charge in [-0.3, -0.25) is 9.20 Å². The summed E-state index contributed by atoms with van der Waals surface area (Å²) in [5.74, 6) is 0. The molecule has 2 aromatic heterocycles. The fourth-order valence-corrected chi connectivity index (χ4v) is 6.40. The molecule has 6 rings (SSSR count). The summed E-state index contributed by atoms with van der Waals surface area (Å²) < 4.78 is 1.74. The van der Waals surface area contributed by atoms with Crippen molar-refractivity contribution in [3.8, 4) is 0 Å². The molecule has 0 saturated carbocycles. The zero-order chi connectivity index (χ0) is 21.5. The third kappa shape index (κ3) is 3.00. The van der Waals surface area contributed by atoms with E-state index in [0.29, 0.717) is 16.6 Å². The Kier molecular flexibility index (Phi) is 4.52. The van der Waals surface area contributed by atoms with Gasteiger partial charge in [0.1, 0.15) is 5.44 Å². The molecule has 0 radical (unpaired) electrons. The van der Waals surface area contributed by atoms with Crippen molar-refractivity contribution < 1.29 is 0 Å². The first-order valence-electron chi connectivity index (χ1n) is 10.4. The Labute approximate surface area is 185 Å². The van der Waals surface area contributed by atoms with Gasteiger partial charge >= 0.3 is 0 Å². The van der Waals surface area contributed by atoms with Crippen molar-refractivity contribution in [2.75, 3.05) is 0 Å². The van der Waals surface area contributed by atoms with E-state index in [1.165, 1.54) is 10.6 Å². The van der Waals surface area contributed by atoms with Crippen LogP contribution in [0.3, 0.4) is 0 Å². The number of para-hydroxylation sites is 3. The standard InChI is InChI=1S/C27H18N3OP/c31-27-21-15-7-8-16-22(21)28-25-26(29-23-17-9-10-18-24(23)30(25)27)32(19-11-3-1-4-12-19)20-13-5-2-6-14-20/h1-18H. The Balaban J connectivity index is 1.81. The lowest BCUT2D eigenvalue weighted by atomic mass is 10.2. The second-order valence-corrected chi connectivity index (χ2v) is 9.65. The Hall–Kier alpha value is -3.88. The monoisotopic (exact) mass is 431 g/mol. The molecule has 2 heterocycles. The van der Waals surface area contributed by atoms with Crippen molar-refractivity contribution in [2.45, 2.75) is 0 Å². The molecule has 0 N–H and O–H groups in total. The second kappa shape index (κ2) is 7.67. The topological polar surface area (TPSA) is 47.3 Å². The van der Waals surface area contributed by atoms with Crippen LogP contribution in [-0.4, -0.2) is 14.4 Å². The van der Waals surface area contributed by atoms with E-state index in [2.05, 4.69) is 24.3 Å². The van der Waals surface area contributed by atoms with E-state index in [0.717, 1.165) is 16.5 Å². The molecule has 0 spiro atoms. The van der Waals surface area contributed by atoms with Gasteiger partial charge in [0.15, 0.2) is 5.65 Å². The lowest BCUT2D eigenvalue weighted by Crippen LogP contribution is -2.29. The molecule has 4 aromatic carbocycles. The highest BCUT2D eigenvalue weighted by Crippen LogP contribution is 2.34. The molecule has 152 valence electrons. The van der Waals surface area contributed by atoms with Gasteiger partial charge in [-0.2, -0.15) is 0 Å². The first-order valence-corrected chi connectivity index (χ1v) is 11.8. The summed E-state index contributed by atoms with van der Waals surface area (Å²) in [4.78, 5) is 23.7. The van der Waals surface area contributed by atoms with Gasteiger partial charge in [0.2, 0.25) is 0 Å². The molecule has 0 fully saturated rings. The number of aromatic nitrogens is 3. The van der Waals surface area contributed by atoms with Crippen LogP contribution in [0.5, 0.6) is 0 Å². The van der Waals surface area contributed by atoms with E-state index in [1.54, 1.807) is 4.40 Å². The van der Waals surface area contributed by atoms with E-state index < -0.39 is 7.92 Å².